The van der Waals surface area contributed by atoms with E-state index in [2.05, 4.69) is 83.6 Å². The second-order valence-corrected chi connectivity index (χ2v) is 7.02. The van der Waals surface area contributed by atoms with Crippen molar-refractivity contribution in [3.05, 3.63) is 69.7 Å². The van der Waals surface area contributed by atoms with E-state index >= 15 is 0 Å². The van der Waals surface area contributed by atoms with Crippen LogP contribution in [0.1, 0.15) is 61.4 Å². The van der Waals surface area contributed by atoms with Crippen molar-refractivity contribution in [2.75, 3.05) is 0 Å². The third-order valence-electron chi connectivity index (χ3n) is 4.61. The van der Waals surface area contributed by atoms with Gasteiger partial charge in [0.1, 0.15) is 0 Å². The summed E-state index contributed by atoms with van der Waals surface area (Å²) in [5.41, 5.74) is 4.35. The normalized spacial score (nSPS) is 22.6. The first kappa shape index (κ1) is 14.8. The molecule has 0 saturated carbocycles. The van der Waals surface area contributed by atoms with Crippen LogP contribution in [0.2, 0.25) is 0 Å². The van der Waals surface area contributed by atoms with Gasteiger partial charge in [0, 0.05) is 16.6 Å². The minimum absolute atomic E-state index is 0.365. The predicted octanol–water partition coefficient (Wildman–Crippen LogP) is 5.74. The van der Waals surface area contributed by atoms with Crippen LogP contribution in [0.25, 0.3) is 0 Å². The highest BCUT2D eigenvalue weighted by atomic mass is 79.9. The first-order chi connectivity index (χ1) is 10.1. The maximum atomic E-state index is 3.82. The third-order valence-corrected chi connectivity index (χ3v) is 5.14. The Labute approximate surface area is 135 Å². The smallest absolute Gasteiger partial charge is 0.0328 e. The van der Waals surface area contributed by atoms with Gasteiger partial charge < -0.3 is 5.32 Å². The SMILES string of the molecule is CC1CCC(N[C@@H](C)c2ccc(Br)cc2)c2ccccc21. The van der Waals surface area contributed by atoms with Gasteiger partial charge >= 0.3 is 0 Å². The summed E-state index contributed by atoms with van der Waals surface area (Å²) in [6.45, 7) is 4.59. The van der Waals surface area contributed by atoms with Crippen molar-refractivity contribution >= 4 is 15.9 Å². The Kier molecular flexibility index (Phi) is 4.46. The van der Waals surface area contributed by atoms with Crippen LogP contribution >= 0.6 is 15.9 Å². The second-order valence-electron chi connectivity index (χ2n) is 6.10. The number of halogens is 1. The lowest BCUT2D eigenvalue weighted by molar-refractivity contribution is 0.396. The van der Waals surface area contributed by atoms with Crippen molar-refractivity contribution < 1.29 is 0 Å². The van der Waals surface area contributed by atoms with E-state index in [0.29, 0.717) is 18.0 Å². The number of hydrogen-bond donors (Lipinski definition) is 1. The lowest BCUT2D eigenvalue weighted by Gasteiger charge is -2.32. The molecule has 3 rings (SSSR count). The van der Waals surface area contributed by atoms with Crippen molar-refractivity contribution in [1.82, 2.24) is 5.32 Å². The Morgan fingerprint density at radius 3 is 2.38 bits per heavy atom. The molecule has 0 amide bonds. The van der Waals surface area contributed by atoms with Crippen molar-refractivity contribution in [3.63, 3.8) is 0 Å². The maximum absolute atomic E-state index is 3.82. The van der Waals surface area contributed by atoms with Gasteiger partial charge in [-0.1, -0.05) is 59.3 Å². The van der Waals surface area contributed by atoms with Crippen molar-refractivity contribution in [3.8, 4) is 0 Å². The van der Waals surface area contributed by atoms with Gasteiger partial charge in [-0.2, -0.15) is 0 Å². The molecule has 0 bridgehead atoms. The summed E-state index contributed by atoms with van der Waals surface area (Å²) in [5, 5.41) is 3.82. The molecule has 0 fully saturated rings. The topological polar surface area (TPSA) is 12.0 Å². The highest BCUT2D eigenvalue weighted by Gasteiger charge is 2.25. The first-order valence-corrected chi connectivity index (χ1v) is 8.55. The first-order valence-electron chi connectivity index (χ1n) is 7.75. The summed E-state index contributed by atoms with van der Waals surface area (Å²) in [7, 11) is 0. The molecule has 1 aliphatic carbocycles. The van der Waals surface area contributed by atoms with Crippen LogP contribution in [0.3, 0.4) is 0 Å². The summed E-state index contributed by atoms with van der Waals surface area (Å²) >= 11 is 3.50. The zero-order chi connectivity index (χ0) is 14.8. The molecule has 21 heavy (non-hydrogen) atoms. The van der Waals surface area contributed by atoms with Gasteiger partial charge in [-0.15, -0.1) is 0 Å². The molecular weight excluding hydrogens is 322 g/mol. The van der Waals surface area contributed by atoms with E-state index in [1.54, 1.807) is 0 Å². The third kappa shape index (κ3) is 3.22. The van der Waals surface area contributed by atoms with E-state index in [9.17, 15) is 0 Å². The summed E-state index contributed by atoms with van der Waals surface area (Å²) in [4.78, 5) is 0. The second kappa shape index (κ2) is 6.33. The van der Waals surface area contributed by atoms with E-state index in [0.717, 1.165) is 4.47 Å². The van der Waals surface area contributed by atoms with Crippen LogP contribution in [0, 0.1) is 0 Å². The van der Waals surface area contributed by atoms with E-state index in [4.69, 9.17) is 0 Å². The van der Waals surface area contributed by atoms with E-state index in [1.807, 2.05) is 0 Å². The van der Waals surface area contributed by atoms with Crippen molar-refractivity contribution in [2.24, 2.45) is 0 Å². The summed E-state index contributed by atoms with van der Waals surface area (Å²) in [5.74, 6) is 0.683. The van der Waals surface area contributed by atoms with Gasteiger partial charge in [-0.3, -0.25) is 0 Å². The fourth-order valence-electron chi connectivity index (χ4n) is 3.33. The average molecular weight is 344 g/mol. The number of hydrogen-bond acceptors (Lipinski definition) is 1. The molecule has 2 unspecified atom stereocenters. The summed E-state index contributed by atoms with van der Waals surface area (Å²) in [6.07, 6.45) is 2.49. The monoisotopic (exact) mass is 343 g/mol. The van der Waals surface area contributed by atoms with Gasteiger partial charge in [-0.25, -0.2) is 0 Å². The molecule has 0 saturated heterocycles. The van der Waals surface area contributed by atoms with Gasteiger partial charge in [-0.05, 0) is 54.5 Å². The molecule has 2 aromatic rings. The van der Waals surface area contributed by atoms with E-state index in [1.165, 1.54) is 29.5 Å². The molecule has 1 nitrogen and oxygen atoms in total. The van der Waals surface area contributed by atoms with Crippen LogP contribution < -0.4 is 5.32 Å². The lowest BCUT2D eigenvalue weighted by atomic mass is 9.81. The molecule has 110 valence electrons. The Hall–Kier alpha value is -1.12. The average Bonchev–Trinajstić information content (AvgIpc) is 2.51. The lowest BCUT2D eigenvalue weighted by Crippen LogP contribution is -2.28. The Morgan fingerprint density at radius 2 is 1.67 bits per heavy atom. The molecule has 0 spiro atoms. The molecule has 0 radical (unpaired) electrons. The zero-order valence-corrected chi connectivity index (χ0v) is 14.2. The van der Waals surface area contributed by atoms with Gasteiger partial charge in [0.05, 0.1) is 0 Å². The predicted molar refractivity (Wildman–Crippen MR) is 92.5 cm³/mol. The number of benzene rings is 2. The molecular formula is C19H22BrN. The quantitative estimate of drug-likeness (QED) is 0.749. The maximum Gasteiger partial charge on any atom is 0.0328 e. The van der Waals surface area contributed by atoms with Gasteiger partial charge in [0.15, 0.2) is 0 Å². The number of fused-ring (bicyclic) bond motifs is 1. The molecule has 0 aromatic heterocycles. The highest BCUT2D eigenvalue weighted by Crippen LogP contribution is 2.38. The zero-order valence-electron chi connectivity index (χ0n) is 12.6. The van der Waals surface area contributed by atoms with Crippen LogP contribution in [-0.2, 0) is 0 Å². The largest absolute Gasteiger partial charge is 0.303 e. The van der Waals surface area contributed by atoms with Crippen LogP contribution in [-0.4, -0.2) is 0 Å². The molecule has 0 aliphatic heterocycles. The molecule has 2 aromatic carbocycles. The number of nitrogens with one attached hydrogen (secondary N) is 1. The minimum Gasteiger partial charge on any atom is -0.303 e. The van der Waals surface area contributed by atoms with E-state index < -0.39 is 0 Å². The molecule has 0 heterocycles. The molecule has 3 atom stereocenters. The van der Waals surface area contributed by atoms with Crippen LogP contribution in [0.4, 0.5) is 0 Å². The summed E-state index contributed by atoms with van der Waals surface area (Å²) in [6, 6.07) is 18.4. The molecule has 1 N–H and O–H groups in total. The Balaban J connectivity index is 1.79. The highest BCUT2D eigenvalue weighted by molar-refractivity contribution is 9.10. The number of rotatable bonds is 3. The van der Waals surface area contributed by atoms with Crippen LogP contribution in [0.5, 0.6) is 0 Å². The van der Waals surface area contributed by atoms with Crippen molar-refractivity contribution in [1.29, 1.82) is 0 Å². The fourth-order valence-corrected chi connectivity index (χ4v) is 3.59. The van der Waals surface area contributed by atoms with Gasteiger partial charge in [0.2, 0.25) is 0 Å². The standard InChI is InChI=1S/C19H22BrN/c1-13-7-12-19(18-6-4-3-5-17(13)18)21-14(2)15-8-10-16(20)11-9-15/h3-6,8-11,13-14,19,21H,7,12H2,1-2H3/t13?,14-,19?/m0/s1. The summed E-state index contributed by atoms with van der Waals surface area (Å²) < 4.78 is 1.13. The van der Waals surface area contributed by atoms with E-state index in [-0.39, 0.29) is 0 Å². The molecule has 2 heteroatoms. The molecule has 1 aliphatic rings. The van der Waals surface area contributed by atoms with Crippen molar-refractivity contribution in [2.45, 2.75) is 44.7 Å². The Morgan fingerprint density at radius 1 is 1.00 bits per heavy atom. The Bertz CT molecular complexity index is 605. The van der Waals surface area contributed by atoms with Crippen LogP contribution in [0.15, 0.2) is 53.0 Å². The van der Waals surface area contributed by atoms with Gasteiger partial charge in [0.25, 0.3) is 0 Å². The fraction of sp³-hybridized carbons (Fsp3) is 0.368. The minimum atomic E-state index is 0.365.